The Balaban J connectivity index is 3.37. The van der Waals surface area contributed by atoms with Gasteiger partial charge in [0.25, 0.3) is 6.43 Å². The molecule has 15 heavy (non-hydrogen) atoms. The van der Waals surface area contributed by atoms with Crippen LogP contribution >= 0.6 is 31.9 Å². The van der Waals surface area contributed by atoms with Gasteiger partial charge in [0.15, 0.2) is 0 Å². The molecule has 0 saturated heterocycles. The van der Waals surface area contributed by atoms with Gasteiger partial charge in [0.2, 0.25) is 0 Å². The number of hydrogen-bond donors (Lipinski definition) is 1. The summed E-state index contributed by atoms with van der Waals surface area (Å²) >= 11 is 5.89. The molecule has 0 aliphatic carbocycles. The van der Waals surface area contributed by atoms with Gasteiger partial charge in [0, 0.05) is 9.80 Å². The van der Waals surface area contributed by atoms with Crippen LogP contribution in [0.5, 0.6) is 0 Å². The topological polar surface area (TPSA) is 50.2 Å². The second-order valence-corrected chi connectivity index (χ2v) is 4.00. The zero-order valence-electron chi connectivity index (χ0n) is 7.18. The number of hydrogen-bond acceptors (Lipinski definition) is 2. The molecule has 0 aromatic carbocycles. The average molecular weight is 345 g/mol. The molecule has 1 rings (SSSR count). The molecule has 0 radical (unpaired) electrons. The van der Waals surface area contributed by atoms with Gasteiger partial charge in [-0.3, -0.25) is 0 Å². The Bertz CT molecular complexity index is 398. The standard InChI is InChI=1S/C8H5Br2F2NO2/c9-2-5-6(7(11)12)3(10)1-4(13-5)8(14)15/h1,7H,2H2,(H,14,15). The molecule has 0 fully saturated rings. The summed E-state index contributed by atoms with van der Waals surface area (Å²) in [6, 6.07) is 1.07. The van der Waals surface area contributed by atoms with Crippen molar-refractivity contribution in [3.05, 3.63) is 27.5 Å². The van der Waals surface area contributed by atoms with Crippen LogP contribution in [0, 0.1) is 0 Å². The minimum absolute atomic E-state index is 0.0248. The summed E-state index contributed by atoms with van der Waals surface area (Å²) in [7, 11) is 0. The lowest BCUT2D eigenvalue weighted by molar-refractivity contribution is 0.0689. The highest BCUT2D eigenvalue weighted by molar-refractivity contribution is 9.10. The summed E-state index contributed by atoms with van der Waals surface area (Å²) in [5.41, 5.74) is -0.519. The number of halogens is 4. The molecule has 1 aromatic heterocycles. The smallest absolute Gasteiger partial charge is 0.354 e. The van der Waals surface area contributed by atoms with Gasteiger partial charge in [0.05, 0.1) is 11.3 Å². The zero-order chi connectivity index (χ0) is 11.6. The Labute approximate surface area is 101 Å². The second-order valence-electron chi connectivity index (χ2n) is 2.59. The van der Waals surface area contributed by atoms with Gasteiger partial charge in [-0.05, 0) is 6.07 Å². The summed E-state index contributed by atoms with van der Waals surface area (Å²) in [5, 5.41) is 8.75. The first-order valence-corrected chi connectivity index (χ1v) is 5.65. The first-order chi connectivity index (χ1) is 6.97. The predicted molar refractivity (Wildman–Crippen MR) is 56.5 cm³/mol. The van der Waals surface area contributed by atoms with E-state index in [0.717, 1.165) is 6.07 Å². The third-order valence-corrected chi connectivity index (χ3v) is 2.84. The van der Waals surface area contributed by atoms with E-state index in [1.165, 1.54) is 0 Å². The Morgan fingerprint density at radius 3 is 2.60 bits per heavy atom. The molecule has 7 heteroatoms. The lowest BCUT2D eigenvalue weighted by atomic mass is 10.2. The van der Waals surface area contributed by atoms with Gasteiger partial charge >= 0.3 is 5.97 Å². The number of nitrogens with zero attached hydrogens (tertiary/aromatic N) is 1. The van der Waals surface area contributed by atoms with Crippen LogP contribution in [0.4, 0.5) is 8.78 Å². The summed E-state index contributed by atoms with van der Waals surface area (Å²) in [6.45, 7) is 0. The van der Waals surface area contributed by atoms with Crippen LogP contribution in [0.25, 0.3) is 0 Å². The van der Waals surface area contributed by atoms with E-state index < -0.39 is 12.4 Å². The lowest BCUT2D eigenvalue weighted by Gasteiger charge is -2.09. The molecular weight excluding hydrogens is 340 g/mol. The zero-order valence-corrected chi connectivity index (χ0v) is 10.3. The Morgan fingerprint density at radius 2 is 2.20 bits per heavy atom. The maximum Gasteiger partial charge on any atom is 0.354 e. The van der Waals surface area contributed by atoms with Crippen molar-refractivity contribution in [2.45, 2.75) is 11.8 Å². The average Bonchev–Trinajstić information content (AvgIpc) is 2.15. The molecule has 0 aliphatic rings. The number of pyridine rings is 1. The van der Waals surface area contributed by atoms with E-state index in [1.807, 2.05) is 0 Å². The highest BCUT2D eigenvalue weighted by atomic mass is 79.9. The number of alkyl halides is 3. The van der Waals surface area contributed by atoms with E-state index in [-0.39, 0.29) is 26.8 Å². The van der Waals surface area contributed by atoms with Gasteiger partial charge < -0.3 is 5.11 Å². The maximum absolute atomic E-state index is 12.6. The van der Waals surface area contributed by atoms with Gasteiger partial charge in [0.1, 0.15) is 5.69 Å². The van der Waals surface area contributed by atoms with Crippen molar-refractivity contribution >= 4 is 37.8 Å². The highest BCUT2D eigenvalue weighted by Gasteiger charge is 2.20. The molecule has 0 amide bonds. The minimum Gasteiger partial charge on any atom is -0.477 e. The van der Waals surface area contributed by atoms with Crippen LogP contribution < -0.4 is 0 Å². The molecule has 0 unspecified atom stereocenters. The predicted octanol–water partition coefficient (Wildman–Crippen LogP) is 3.37. The molecule has 1 N–H and O–H groups in total. The fourth-order valence-electron chi connectivity index (χ4n) is 1.02. The van der Waals surface area contributed by atoms with Crippen molar-refractivity contribution < 1.29 is 18.7 Å². The van der Waals surface area contributed by atoms with Gasteiger partial charge in [-0.1, -0.05) is 31.9 Å². The molecule has 1 heterocycles. The number of rotatable bonds is 3. The van der Waals surface area contributed by atoms with E-state index in [0.29, 0.717) is 0 Å². The number of carboxylic acid groups (broad SMARTS) is 1. The molecule has 0 spiro atoms. The largest absolute Gasteiger partial charge is 0.477 e. The van der Waals surface area contributed by atoms with Gasteiger partial charge in [-0.15, -0.1) is 0 Å². The van der Waals surface area contributed by atoms with E-state index in [4.69, 9.17) is 5.11 Å². The van der Waals surface area contributed by atoms with Crippen molar-refractivity contribution in [3.8, 4) is 0 Å². The minimum atomic E-state index is -2.69. The first-order valence-electron chi connectivity index (χ1n) is 3.74. The third-order valence-electron chi connectivity index (χ3n) is 1.65. The molecule has 1 aromatic rings. The molecule has 0 bridgehead atoms. The Hall–Kier alpha value is -0.560. The van der Waals surface area contributed by atoms with Crippen LogP contribution in [-0.4, -0.2) is 16.1 Å². The van der Waals surface area contributed by atoms with Crippen molar-refractivity contribution in [1.82, 2.24) is 4.98 Å². The Kier molecular flexibility index (Phi) is 4.15. The molecule has 0 saturated carbocycles. The Morgan fingerprint density at radius 1 is 1.60 bits per heavy atom. The van der Waals surface area contributed by atoms with Crippen LogP contribution in [-0.2, 0) is 5.33 Å². The SMILES string of the molecule is O=C(O)c1cc(Br)c(C(F)F)c(CBr)n1. The second kappa shape index (κ2) is 4.98. The van der Waals surface area contributed by atoms with Crippen LogP contribution in [0.2, 0.25) is 0 Å². The van der Waals surface area contributed by atoms with Crippen LogP contribution in [0.3, 0.4) is 0 Å². The lowest BCUT2D eigenvalue weighted by Crippen LogP contribution is -2.06. The normalized spacial score (nSPS) is 10.7. The van der Waals surface area contributed by atoms with E-state index >= 15 is 0 Å². The third kappa shape index (κ3) is 2.72. The quantitative estimate of drug-likeness (QED) is 0.855. The number of carbonyl (C=O) groups is 1. The van der Waals surface area contributed by atoms with E-state index in [1.54, 1.807) is 0 Å². The molecule has 3 nitrogen and oxygen atoms in total. The van der Waals surface area contributed by atoms with E-state index in [2.05, 4.69) is 36.8 Å². The van der Waals surface area contributed by atoms with E-state index in [9.17, 15) is 13.6 Å². The summed E-state index contributed by atoms with van der Waals surface area (Å²) in [6.07, 6.45) is -2.69. The van der Waals surface area contributed by atoms with Crippen LogP contribution in [0.1, 0.15) is 28.2 Å². The maximum atomic E-state index is 12.6. The molecule has 0 atom stereocenters. The van der Waals surface area contributed by atoms with Crippen LogP contribution in [0.15, 0.2) is 10.5 Å². The van der Waals surface area contributed by atoms with Gasteiger partial charge in [-0.25, -0.2) is 18.6 Å². The van der Waals surface area contributed by atoms with Crippen molar-refractivity contribution in [3.63, 3.8) is 0 Å². The fourth-order valence-corrected chi connectivity index (χ4v) is 2.06. The first kappa shape index (κ1) is 12.5. The van der Waals surface area contributed by atoms with Crippen molar-refractivity contribution in [1.29, 1.82) is 0 Å². The van der Waals surface area contributed by atoms with Crippen molar-refractivity contribution in [2.24, 2.45) is 0 Å². The molecule has 0 aliphatic heterocycles. The van der Waals surface area contributed by atoms with Crippen molar-refractivity contribution in [2.75, 3.05) is 0 Å². The highest BCUT2D eigenvalue weighted by Crippen LogP contribution is 2.31. The monoisotopic (exact) mass is 343 g/mol. The summed E-state index contributed by atoms with van der Waals surface area (Å²) < 4.78 is 25.2. The molecular formula is C8H5Br2F2NO2. The fraction of sp³-hybridized carbons (Fsp3) is 0.250. The summed E-state index contributed by atoms with van der Waals surface area (Å²) in [5.74, 6) is -1.25. The number of carboxylic acids is 1. The van der Waals surface area contributed by atoms with Gasteiger partial charge in [-0.2, -0.15) is 0 Å². The number of aromatic carboxylic acids is 1. The number of aromatic nitrogens is 1. The molecule has 82 valence electrons. The summed E-state index contributed by atoms with van der Waals surface area (Å²) in [4.78, 5) is 14.2.